The summed E-state index contributed by atoms with van der Waals surface area (Å²) in [6.07, 6.45) is 4.74. The predicted octanol–water partition coefficient (Wildman–Crippen LogP) is 2.49. The third kappa shape index (κ3) is 3.41. The van der Waals surface area contributed by atoms with E-state index >= 15 is 0 Å². The van der Waals surface area contributed by atoms with Crippen molar-refractivity contribution in [3.8, 4) is 11.1 Å². The maximum atomic E-state index is 13.3. The standard InChI is InChI=1S/C22H26N8O2/c1-13-9-16(10-14(2)25-13)18-19(28-7-5-4-6-8-28)26-21(23)30-20(18)27-29(22(30)31)11-17-15(3)32-12-24-17/h9-10,12H,4-8,11H2,1-3H3,(H2,23,26). The number of nitrogens with two attached hydrogens (primary N) is 1. The minimum Gasteiger partial charge on any atom is -0.448 e. The van der Waals surface area contributed by atoms with Gasteiger partial charge in [-0.3, -0.25) is 4.98 Å². The molecule has 0 bridgehead atoms. The molecule has 1 aliphatic rings. The molecule has 1 saturated heterocycles. The van der Waals surface area contributed by atoms with Crippen LogP contribution in [0.5, 0.6) is 0 Å². The number of fused-ring (bicyclic) bond motifs is 1. The van der Waals surface area contributed by atoms with Gasteiger partial charge in [-0.15, -0.1) is 5.10 Å². The van der Waals surface area contributed by atoms with Crippen molar-refractivity contribution in [2.75, 3.05) is 23.7 Å². The summed E-state index contributed by atoms with van der Waals surface area (Å²) in [6.45, 7) is 7.69. The second kappa shape index (κ2) is 7.77. The van der Waals surface area contributed by atoms with E-state index in [0.29, 0.717) is 17.1 Å². The SMILES string of the molecule is Cc1cc(-c2c(N3CCCCC3)nc(N)n3c(=O)n(Cc4ncoc4C)nc23)cc(C)n1. The number of hydrogen-bond donors (Lipinski definition) is 1. The monoisotopic (exact) mass is 434 g/mol. The number of hydrogen-bond acceptors (Lipinski definition) is 8. The van der Waals surface area contributed by atoms with Crippen LogP contribution in [-0.4, -0.2) is 42.2 Å². The third-order valence-corrected chi connectivity index (χ3v) is 5.91. The molecule has 4 aromatic rings. The van der Waals surface area contributed by atoms with Crippen LogP contribution in [0.1, 0.15) is 42.1 Å². The molecule has 10 heteroatoms. The first-order valence-corrected chi connectivity index (χ1v) is 10.8. The Morgan fingerprint density at radius 1 is 1.06 bits per heavy atom. The molecule has 32 heavy (non-hydrogen) atoms. The first-order valence-electron chi connectivity index (χ1n) is 10.8. The number of piperidine rings is 1. The van der Waals surface area contributed by atoms with E-state index in [2.05, 4.69) is 14.9 Å². The minimum absolute atomic E-state index is 0.125. The second-order valence-electron chi connectivity index (χ2n) is 8.31. The quantitative estimate of drug-likeness (QED) is 0.520. The maximum absolute atomic E-state index is 13.3. The van der Waals surface area contributed by atoms with Crippen molar-refractivity contribution in [2.24, 2.45) is 0 Å². The van der Waals surface area contributed by atoms with Gasteiger partial charge in [0.05, 0.1) is 12.1 Å². The Morgan fingerprint density at radius 3 is 2.44 bits per heavy atom. The van der Waals surface area contributed by atoms with Crippen molar-refractivity contribution in [1.29, 1.82) is 0 Å². The number of oxazole rings is 1. The summed E-state index contributed by atoms with van der Waals surface area (Å²) >= 11 is 0. The number of rotatable bonds is 4. The molecule has 0 aromatic carbocycles. The average molecular weight is 435 g/mol. The van der Waals surface area contributed by atoms with Gasteiger partial charge in [0.1, 0.15) is 17.3 Å². The molecule has 0 unspecified atom stereocenters. The van der Waals surface area contributed by atoms with Crippen molar-refractivity contribution < 1.29 is 4.42 Å². The molecule has 4 aromatic heterocycles. The number of anilines is 2. The first kappa shape index (κ1) is 20.2. The Kier molecular flexibility index (Phi) is 4.91. The summed E-state index contributed by atoms with van der Waals surface area (Å²) in [6, 6.07) is 4.00. The van der Waals surface area contributed by atoms with E-state index in [-0.39, 0.29) is 18.2 Å². The molecule has 2 N–H and O–H groups in total. The Labute approximate surface area is 184 Å². The van der Waals surface area contributed by atoms with Gasteiger partial charge in [-0.25, -0.2) is 18.9 Å². The van der Waals surface area contributed by atoms with E-state index in [9.17, 15) is 4.79 Å². The topological polar surface area (TPSA) is 120 Å². The molecule has 0 amide bonds. The largest absolute Gasteiger partial charge is 0.448 e. The summed E-state index contributed by atoms with van der Waals surface area (Å²) in [7, 11) is 0. The van der Waals surface area contributed by atoms with E-state index in [1.807, 2.05) is 32.9 Å². The van der Waals surface area contributed by atoms with Crippen molar-refractivity contribution in [3.05, 3.63) is 51.9 Å². The van der Waals surface area contributed by atoms with Crippen LogP contribution in [0.4, 0.5) is 11.8 Å². The normalized spacial score (nSPS) is 14.4. The number of nitrogens with zero attached hydrogens (tertiary/aromatic N) is 7. The fourth-order valence-corrected chi connectivity index (χ4v) is 4.39. The molecular formula is C22H26N8O2. The lowest BCUT2D eigenvalue weighted by Crippen LogP contribution is -2.31. The Hall–Kier alpha value is -3.69. The van der Waals surface area contributed by atoms with E-state index in [4.69, 9.17) is 20.2 Å². The average Bonchev–Trinajstić information content (AvgIpc) is 3.31. The lowest BCUT2D eigenvalue weighted by Gasteiger charge is -2.29. The van der Waals surface area contributed by atoms with Crippen LogP contribution < -0.4 is 16.3 Å². The zero-order valence-corrected chi connectivity index (χ0v) is 18.5. The van der Waals surface area contributed by atoms with Crippen LogP contribution in [-0.2, 0) is 6.54 Å². The lowest BCUT2D eigenvalue weighted by molar-refractivity contribution is 0.521. The summed E-state index contributed by atoms with van der Waals surface area (Å²) in [4.78, 5) is 28.9. The van der Waals surface area contributed by atoms with Crippen LogP contribution in [0.25, 0.3) is 16.8 Å². The van der Waals surface area contributed by atoms with Gasteiger partial charge >= 0.3 is 5.69 Å². The van der Waals surface area contributed by atoms with E-state index < -0.39 is 0 Å². The van der Waals surface area contributed by atoms with Crippen LogP contribution in [0.3, 0.4) is 0 Å². The van der Waals surface area contributed by atoms with Crippen molar-refractivity contribution in [1.82, 2.24) is 29.1 Å². The van der Waals surface area contributed by atoms with E-state index in [0.717, 1.165) is 54.3 Å². The van der Waals surface area contributed by atoms with Gasteiger partial charge in [0.25, 0.3) is 0 Å². The predicted molar refractivity (Wildman–Crippen MR) is 121 cm³/mol. The van der Waals surface area contributed by atoms with Gasteiger partial charge in [-0.05, 0) is 57.7 Å². The highest BCUT2D eigenvalue weighted by Crippen LogP contribution is 2.35. The first-order chi connectivity index (χ1) is 15.4. The number of aryl methyl sites for hydroxylation is 3. The molecule has 1 aliphatic heterocycles. The molecule has 0 aliphatic carbocycles. The Morgan fingerprint density at radius 2 is 1.78 bits per heavy atom. The Bertz CT molecular complexity index is 1340. The third-order valence-electron chi connectivity index (χ3n) is 5.91. The zero-order valence-electron chi connectivity index (χ0n) is 18.5. The fraction of sp³-hybridized carbons (Fsp3) is 0.409. The molecule has 1 fully saturated rings. The fourth-order valence-electron chi connectivity index (χ4n) is 4.39. The molecule has 10 nitrogen and oxygen atoms in total. The van der Waals surface area contributed by atoms with Crippen molar-refractivity contribution in [2.45, 2.75) is 46.6 Å². The maximum Gasteiger partial charge on any atom is 0.353 e. The number of aromatic nitrogens is 6. The van der Waals surface area contributed by atoms with Gasteiger partial charge in [0, 0.05) is 24.5 Å². The molecule has 0 spiro atoms. The smallest absolute Gasteiger partial charge is 0.353 e. The molecule has 0 saturated carbocycles. The molecule has 166 valence electrons. The summed E-state index contributed by atoms with van der Waals surface area (Å²) in [5, 5.41) is 4.70. The number of pyridine rings is 1. The van der Waals surface area contributed by atoms with Crippen LogP contribution >= 0.6 is 0 Å². The van der Waals surface area contributed by atoms with Gasteiger partial charge in [0.15, 0.2) is 12.0 Å². The minimum atomic E-state index is -0.360. The highest BCUT2D eigenvalue weighted by Gasteiger charge is 2.25. The Balaban J connectivity index is 1.78. The van der Waals surface area contributed by atoms with Gasteiger partial charge in [0.2, 0.25) is 5.95 Å². The molecule has 0 radical (unpaired) electrons. The molecule has 0 atom stereocenters. The zero-order chi connectivity index (χ0) is 22.4. The summed E-state index contributed by atoms with van der Waals surface area (Å²) < 4.78 is 8.02. The van der Waals surface area contributed by atoms with Gasteiger partial charge in [-0.2, -0.15) is 4.98 Å². The summed E-state index contributed by atoms with van der Waals surface area (Å²) in [5.41, 5.74) is 10.6. The van der Waals surface area contributed by atoms with Gasteiger partial charge < -0.3 is 15.1 Å². The highest BCUT2D eigenvalue weighted by molar-refractivity contribution is 5.88. The summed E-state index contributed by atoms with van der Waals surface area (Å²) in [5.74, 6) is 1.53. The highest BCUT2D eigenvalue weighted by atomic mass is 16.3. The molecular weight excluding hydrogens is 408 g/mol. The molecule has 5 heterocycles. The van der Waals surface area contributed by atoms with Crippen molar-refractivity contribution in [3.63, 3.8) is 0 Å². The van der Waals surface area contributed by atoms with E-state index in [1.165, 1.54) is 21.9 Å². The van der Waals surface area contributed by atoms with Crippen LogP contribution in [0.15, 0.2) is 27.7 Å². The van der Waals surface area contributed by atoms with Crippen molar-refractivity contribution >= 4 is 17.4 Å². The molecule has 5 rings (SSSR count). The van der Waals surface area contributed by atoms with Crippen LogP contribution in [0, 0.1) is 20.8 Å². The van der Waals surface area contributed by atoms with Crippen LogP contribution in [0.2, 0.25) is 0 Å². The van der Waals surface area contributed by atoms with E-state index in [1.54, 1.807) is 0 Å². The van der Waals surface area contributed by atoms with Gasteiger partial charge in [-0.1, -0.05) is 0 Å². The number of nitrogen functional groups attached to an aromatic ring is 1. The second-order valence-corrected chi connectivity index (χ2v) is 8.31. The lowest BCUT2D eigenvalue weighted by atomic mass is 10.0.